The number of thioether (sulfide) groups is 1. The average molecular weight is 694 g/mol. The van der Waals surface area contributed by atoms with Gasteiger partial charge in [0.05, 0.1) is 44.8 Å². The second-order valence-electron chi connectivity index (χ2n) is 10.8. The number of hydrogen-bond donors (Lipinski definition) is 2. The Morgan fingerprint density at radius 1 is 0.979 bits per heavy atom. The number of anilines is 1. The molecule has 5 rings (SSSR count). The van der Waals surface area contributed by atoms with Crippen molar-refractivity contribution in [2.24, 2.45) is 0 Å². The van der Waals surface area contributed by atoms with Crippen LogP contribution in [0.5, 0.6) is 17.2 Å². The van der Waals surface area contributed by atoms with Gasteiger partial charge in [-0.1, -0.05) is 11.8 Å². The molecule has 12 nitrogen and oxygen atoms in total. The quantitative estimate of drug-likeness (QED) is 0.122. The van der Waals surface area contributed by atoms with Crippen LogP contribution in [0.25, 0.3) is 5.69 Å². The number of amides is 2. The first-order chi connectivity index (χ1) is 23.3. The minimum absolute atomic E-state index is 0.0537. The summed E-state index contributed by atoms with van der Waals surface area (Å²) in [5.41, 5.74) is 2.56. The van der Waals surface area contributed by atoms with Gasteiger partial charge in [-0.2, -0.15) is 0 Å². The first-order valence-corrected chi connectivity index (χ1v) is 17.4. The summed E-state index contributed by atoms with van der Waals surface area (Å²) in [5.74, 6) is 1.08. The Labute approximate surface area is 287 Å². The zero-order valence-electron chi connectivity index (χ0n) is 27.6. The molecule has 48 heavy (non-hydrogen) atoms. The molecule has 254 valence electrons. The molecule has 1 unspecified atom stereocenters. The molecule has 1 atom stereocenters. The molecule has 0 saturated heterocycles. The van der Waals surface area contributed by atoms with E-state index < -0.39 is 11.2 Å². The molecule has 0 radical (unpaired) electrons. The molecule has 2 heterocycles. The van der Waals surface area contributed by atoms with Gasteiger partial charge in [0.25, 0.3) is 5.91 Å². The Morgan fingerprint density at radius 3 is 2.44 bits per heavy atom. The standard InChI is InChI=1S/C34H39N5O7S2/c1-6-45-23-15-13-22(14-16-23)39-28(19-35-31(41)21-12-17-25(43-4)26(18-21)44-5)37-38-34(39)47-20(3)30(40)36-32-29(33(42)46-7-2)24-10-8-9-11-27(24)48-32/h12-18,20H,6-11,19H2,1-5H3,(H,35,41)(H,36,40). The van der Waals surface area contributed by atoms with E-state index in [1.807, 2.05) is 31.2 Å². The maximum absolute atomic E-state index is 13.6. The zero-order chi connectivity index (χ0) is 34.2. The van der Waals surface area contributed by atoms with Crippen molar-refractivity contribution in [1.29, 1.82) is 0 Å². The third-order valence-corrected chi connectivity index (χ3v) is 9.95. The van der Waals surface area contributed by atoms with Crippen molar-refractivity contribution in [3.63, 3.8) is 0 Å². The van der Waals surface area contributed by atoms with E-state index in [0.29, 0.717) is 51.0 Å². The summed E-state index contributed by atoms with van der Waals surface area (Å²) in [6.07, 6.45) is 3.71. The molecule has 0 fully saturated rings. The van der Waals surface area contributed by atoms with E-state index in [1.165, 1.54) is 37.3 Å². The topological polar surface area (TPSA) is 143 Å². The summed E-state index contributed by atoms with van der Waals surface area (Å²) in [4.78, 5) is 40.7. The number of esters is 1. The van der Waals surface area contributed by atoms with E-state index >= 15 is 0 Å². The summed E-state index contributed by atoms with van der Waals surface area (Å²) >= 11 is 2.67. The van der Waals surface area contributed by atoms with Gasteiger partial charge in [0, 0.05) is 16.1 Å². The van der Waals surface area contributed by atoms with Crippen LogP contribution in [0.4, 0.5) is 5.00 Å². The van der Waals surface area contributed by atoms with Crippen LogP contribution in [0.2, 0.25) is 0 Å². The predicted molar refractivity (Wildman–Crippen MR) is 184 cm³/mol. The number of carbonyl (C=O) groups is 3. The molecule has 1 aliphatic rings. The van der Waals surface area contributed by atoms with E-state index in [4.69, 9.17) is 18.9 Å². The van der Waals surface area contributed by atoms with Crippen LogP contribution in [0, 0.1) is 0 Å². The third-order valence-electron chi connectivity index (χ3n) is 7.70. The van der Waals surface area contributed by atoms with Gasteiger partial charge in [-0.3, -0.25) is 14.2 Å². The maximum Gasteiger partial charge on any atom is 0.341 e. The molecule has 0 saturated carbocycles. The number of benzene rings is 2. The number of aryl methyl sites for hydroxylation is 1. The van der Waals surface area contributed by atoms with Crippen LogP contribution in [0.1, 0.15) is 70.6 Å². The summed E-state index contributed by atoms with van der Waals surface area (Å²) in [5, 5.41) is 15.1. The Morgan fingerprint density at radius 2 is 1.73 bits per heavy atom. The lowest BCUT2D eigenvalue weighted by molar-refractivity contribution is -0.115. The Hall–Kier alpha value is -4.56. The van der Waals surface area contributed by atoms with Crippen LogP contribution in [-0.4, -0.2) is 65.2 Å². The first-order valence-electron chi connectivity index (χ1n) is 15.7. The SMILES string of the molecule is CCOC(=O)c1c(NC(=O)C(C)Sc2nnc(CNC(=O)c3ccc(OC)c(OC)c3)n2-c2ccc(OCC)cc2)sc2c1CCCC2. The number of hydrogen-bond acceptors (Lipinski definition) is 11. The number of nitrogens with one attached hydrogen (secondary N) is 2. The van der Waals surface area contributed by atoms with Crippen LogP contribution in [0.15, 0.2) is 47.6 Å². The van der Waals surface area contributed by atoms with Crippen LogP contribution >= 0.6 is 23.1 Å². The summed E-state index contributed by atoms with van der Waals surface area (Å²) in [6, 6.07) is 12.3. The van der Waals surface area contributed by atoms with Gasteiger partial charge >= 0.3 is 5.97 Å². The number of ether oxygens (including phenoxy) is 4. The van der Waals surface area contributed by atoms with Crippen molar-refractivity contribution in [2.75, 3.05) is 32.8 Å². The highest BCUT2D eigenvalue weighted by Crippen LogP contribution is 2.39. The highest BCUT2D eigenvalue weighted by molar-refractivity contribution is 8.00. The molecule has 0 bridgehead atoms. The fourth-order valence-electron chi connectivity index (χ4n) is 5.35. The van der Waals surface area contributed by atoms with Crippen molar-refractivity contribution < 1.29 is 33.3 Å². The van der Waals surface area contributed by atoms with Crippen molar-refractivity contribution in [1.82, 2.24) is 20.1 Å². The lowest BCUT2D eigenvalue weighted by Crippen LogP contribution is -2.25. The van der Waals surface area contributed by atoms with Gasteiger partial charge in [0.2, 0.25) is 5.91 Å². The second kappa shape index (κ2) is 16.0. The Bertz CT molecular complexity index is 1770. The predicted octanol–water partition coefficient (Wildman–Crippen LogP) is 5.85. The van der Waals surface area contributed by atoms with E-state index in [1.54, 1.807) is 36.6 Å². The smallest absolute Gasteiger partial charge is 0.341 e. The van der Waals surface area contributed by atoms with Gasteiger partial charge < -0.3 is 29.6 Å². The number of fused-ring (bicyclic) bond motifs is 1. The molecule has 0 spiro atoms. The summed E-state index contributed by atoms with van der Waals surface area (Å²) < 4.78 is 23.4. The molecule has 2 amide bonds. The highest BCUT2D eigenvalue weighted by atomic mass is 32.2. The van der Waals surface area contributed by atoms with Gasteiger partial charge in [-0.05, 0) is 94.5 Å². The van der Waals surface area contributed by atoms with E-state index in [2.05, 4.69) is 20.8 Å². The number of carbonyl (C=O) groups excluding carboxylic acids is 3. The van der Waals surface area contributed by atoms with Crippen molar-refractivity contribution in [3.8, 4) is 22.9 Å². The number of aromatic nitrogens is 3. The van der Waals surface area contributed by atoms with Gasteiger partial charge in [0.15, 0.2) is 22.5 Å². The molecule has 2 N–H and O–H groups in total. The Balaban J connectivity index is 1.38. The van der Waals surface area contributed by atoms with E-state index in [0.717, 1.165) is 41.8 Å². The molecular formula is C34H39N5O7S2. The number of rotatable bonds is 14. The largest absolute Gasteiger partial charge is 0.494 e. The summed E-state index contributed by atoms with van der Waals surface area (Å²) in [7, 11) is 3.04. The second-order valence-corrected chi connectivity index (χ2v) is 13.2. The van der Waals surface area contributed by atoms with Crippen molar-refractivity contribution in [2.45, 2.75) is 63.4 Å². The highest BCUT2D eigenvalue weighted by Gasteiger charge is 2.29. The van der Waals surface area contributed by atoms with Crippen molar-refractivity contribution >= 4 is 45.9 Å². The fraction of sp³-hybridized carbons (Fsp3) is 0.382. The Kier molecular flexibility index (Phi) is 11.6. The number of nitrogens with zero attached hydrogens (tertiary/aromatic N) is 3. The first kappa shape index (κ1) is 34.8. The average Bonchev–Trinajstić information content (AvgIpc) is 3.67. The molecule has 1 aliphatic carbocycles. The lowest BCUT2D eigenvalue weighted by atomic mass is 9.95. The summed E-state index contributed by atoms with van der Waals surface area (Å²) in [6.45, 7) is 6.28. The van der Waals surface area contributed by atoms with Crippen molar-refractivity contribution in [3.05, 3.63) is 69.9 Å². The van der Waals surface area contributed by atoms with E-state index in [9.17, 15) is 14.4 Å². The van der Waals surface area contributed by atoms with Crippen LogP contribution in [0.3, 0.4) is 0 Å². The molecule has 14 heteroatoms. The number of thiophene rings is 1. The zero-order valence-corrected chi connectivity index (χ0v) is 29.2. The molecule has 0 aliphatic heterocycles. The fourth-order valence-corrected chi connectivity index (χ4v) is 7.51. The van der Waals surface area contributed by atoms with E-state index in [-0.39, 0.29) is 25.0 Å². The molecular weight excluding hydrogens is 655 g/mol. The molecule has 2 aromatic heterocycles. The van der Waals surface area contributed by atoms with Gasteiger partial charge in [0.1, 0.15) is 10.8 Å². The number of methoxy groups -OCH3 is 2. The van der Waals surface area contributed by atoms with Crippen LogP contribution < -0.4 is 24.8 Å². The molecule has 2 aromatic carbocycles. The van der Waals surface area contributed by atoms with Crippen LogP contribution in [-0.2, 0) is 28.9 Å². The maximum atomic E-state index is 13.6. The lowest BCUT2D eigenvalue weighted by Gasteiger charge is -2.15. The normalized spacial score (nSPS) is 12.9. The minimum Gasteiger partial charge on any atom is -0.494 e. The molecule has 4 aromatic rings. The third kappa shape index (κ3) is 7.76. The minimum atomic E-state index is -0.612. The monoisotopic (exact) mass is 693 g/mol. The van der Waals surface area contributed by atoms with Gasteiger partial charge in [-0.25, -0.2) is 4.79 Å². The van der Waals surface area contributed by atoms with Gasteiger partial charge in [-0.15, -0.1) is 21.5 Å².